The Morgan fingerprint density at radius 1 is 1.18 bits per heavy atom. The summed E-state index contributed by atoms with van der Waals surface area (Å²) in [6.45, 7) is 2.44. The number of hydrogen-bond donors (Lipinski definition) is 1. The second-order valence-corrected chi connectivity index (χ2v) is 6.73. The zero-order valence-electron chi connectivity index (χ0n) is 12.7. The maximum absolute atomic E-state index is 12.6. The predicted octanol–water partition coefficient (Wildman–Crippen LogP) is 2.75. The van der Waals surface area contributed by atoms with Crippen LogP contribution in [0.2, 0.25) is 0 Å². The van der Waals surface area contributed by atoms with Crippen LogP contribution in [-0.2, 0) is 4.79 Å². The molecule has 0 radical (unpaired) electrons. The molecular weight excluding hydrogens is 272 g/mol. The van der Waals surface area contributed by atoms with Crippen molar-refractivity contribution >= 4 is 16.7 Å². The van der Waals surface area contributed by atoms with E-state index in [1.165, 1.54) is 16.3 Å². The number of benzene rings is 2. The van der Waals surface area contributed by atoms with Gasteiger partial charge in [-0.25, -0.2) is 0 Å². The van der Waals surface area contributed by atoms with Gasteiger partial charge in [0.05, 0.1) is 0 Å². The average Bonchev–Trinajstić information content (AvgIpc) is 3.22. The highest BCUT2D eigenvalue weighted by Gasteiger charge is 2.46. The lowest BCUT2D eigenvalue weighted by molar-refractivity contribution is -0.131. The van der Waals surface area contributed by atoms with E-state index in [9.17, 15) is 4.79 Å². The summed E-state index contributed by atoms with van der Waals surface area (Å²) in [6.07, 6.45) is 2.07. The molecule has 1 amide bonds. The van der Waals surface area contributed by atoms with Crippen molar-refractivity contribution in [2.75, 3.05) is 19.6 Å². The first-order valence-corrected chi connectivity index (χ1v) is 8.24. The molecule has 1 saturated heterocycles. The van der Waals surface area contributed by atoms with E-state index in [2.05, 4.69) is 42.5 Å². The standard InChI is InChI=1S/C19H22N2O/c20-11-13-7-8-21(12-13)19(22)18-10-17(18)16-6-5-14-3-1-2-4-15(14)9-16/h1-6,9,13,17-18H,7-8,10-12,20H2. The second kappa shape index (κ2) is 5.40. The normalized spacial score (nSPS) is 27.3. The van der Waals surface area contributed by atoms with Gasteiger partial charge in [0.25, 0.3) is 0 Å². The third-order valence-corrected chi connectivity index (χ3v) is 5.24. The molecule has 2 aromatic rings. The molecule has 2 N–H and O–H groups in total. The molecule has 4 rings (SSSR count). The van der Waals surface area contributed by atoms with Crippen LogP contribution in [-0.4, -0.2) is 30.4 Å². The number of fused-ring (bicyclic) bond motifs is 1. The van der Waals surface area contributed by atoms with Crippen molar-refractivity contribution in [1.29, 1.82) is 0 Å². The van der Waals surface area contributed by atoms with Crippen molar-refractivity contribution in [3.63, 3.8) is 0 Å². The van der Waals surface area contributed by atoms with Gasteiger partial charge < -0.3 is 10.6 Å². The highest BCUT2D eigenvalue weighted by molar-refractivity contribution is 5.86. The lowest BCUT2D eigenvalue weighted by Gasteiger charge is -2.16. The summed E-state index contributed by atoms with van der Waals surface area (Å²) >= 11 is 0. The Hall–Kier alpha value is -1.87. The van der Waals surface area contributed by atoms with E-state index in [0.717, 1.165) is 25.9 Å². The van der Waals surface area contributed by atoms with Gasteiger partial charge in [-0.05, 0) is 47.6 Å². The fourth-order valence-corrected chi connectivity index (χ4v) is 3.73. The summed E-state index contributed by atoms with van der Waals surface area (Å²) in [5.41, 5.74) is 7.03. The molecule has 1 heterocycles. The molecule has 1 saturated carbocycles. The highest BCUT2D eigenvalue weighted by Crippen LogP contribution is 2.49. The summed E-state index contributed by atoms with van der Waals surface area (Å²) < 4.78 is 0. The average molecular weight is 294 g/mol. The zero-order chi connectivity index (χ0) is 15.1. The van der Waals surface area contributed by atoms with E-state index < -0.39 is 0 Å². The van der Waals surface area contributed by atoms with Crippen LogP contribution in [0.4, 0.5) is 0 Å². The molecule has 22 heavy (non-hydrogen) atoms. The van der Waals surface area contributed by atoms with Crippen LogP contribution in [0.1, 0.15) is 24.3 Å². The van der Waals surface area contributed by atoms with Crippen LogP contribution in [0.25, 0.3) is 10.8 Å². The number of likely N-dealkylation sites (tertiary alicyclic amines) is 1. The number of nitrogens with zero attached hydrogens (tertiary/aromatic N) is 1. The Balaban J connectivity index is 1.47. The van der Waals surface area contributed by atoms with Crippen LogP contribution in [0.3, 0.4) is 0 Å². The molecule has 1 aliphatic carbocycles. The molecule has 2 aromatic carbocycles. The molecule has 3 heteroatoms. The Labute approximate surface area is 131 Å². The lowest BCUT2D eigenvalue weighted by Crippen LogP contribution is -2.31. The third kappa shape index (κ3) is 2.40. The minimum Gasteiger partial charge on any atom is -0.342 e. The molecule has 3 unspecified atom stereocenters. The molecular formula is C19H22N2O. The molecule has 0 spiro atoms. The Kier molecular flexibility index (Phi) is 3.38. The van der Waals surface area contributed by atoms with Crippen molar-refractivity contribution in [1.82, 2.24) is 4.90 Å². The van der Waals surface area contributed by atoms with Crippen molar-refractivity contribution < 1.29 is 4.79 Å². The third-order valence-electron chi connectivity index (χ3n) is 5.24. The number of hydrogen-bond acceptors (Lipinski definition) is 2. The van der Waals surface area contributed by atoms with E-state index in [1.54, 1.807) is 0 Å². The van der Waals surface area contributed by atoms with E-state index in [-0.39, 0.29) is 5.92 Å². The second-order valence-electron chi connectivity index (χ2n) is 6.73. The Bertz CT molecular complexity index is 711. The topological polar surface area (TPSA) is 46.3 Å². The summed E-state index contributed by atoms with van der Waals surface area (Å²) in [4.78, 5) is 14.6. The van der Waals surface area contributed by atoms with Crippen molar-refractivity contribution in [3.8, 4) is 0 Å². The molecule has 3 atom stereocenters. The van der Waals surface area contributed by atoms with Crippen molar-refractivity contribution in [3.05, 3.63) is 48.0 Å². The molecule has 2 fully saturated rings. The van der Waals surface area contributed by atoms with E-state index >= 15 is 0 Å². The van der Waals surface area contributed by atoms with Crippen LogP contribution in [0.5, 0.6) is 0 Å². The number of carbonyl (C=O) groups is 1. The van der Waals surface area contributed by atoms with Crippen LogP contribution < -0.4 is 5.73 Å². The van der Waals surface area contributed by atoms with Gasteiger partial charge >= 0.3 is 0 Å². The van der Waals surface area contributed by atoms with Crippen LogP contribution in [0, 0.1) is 11.8 Å². The maximum Gasteiger partial charge on any atom is 0.226 e. The first kappa shape index (κ1) is 13.8. The molecule has 114 valence electrons. The van der Waals surface area contributed by atoms with E-state index in [1.807, 2.05) is 4.90 Å². The first-order chi connectivity index (χ1) is 10.8. The minimum atomic E-state index is 0.192. The molecule has 2 aliphatic rings. The number of carbonyl (C=O) groups excluding carboxylic acids is 1. The van der Waals surface area contributed by atoms with Crippen molar-refractivity contribution in [2.45, 2.75) is 18.8 Å². The van der Waals surface area contributed by atoms with E-state index in [0.29, 0.717) is 24.3 Å². The monoisotopic (exact) mass is 294 g/mol. The van der Waals surface area contributed by atoms with Gasteiger partial charge in [0, 0.05) is 19.0 Å². The van der Waals surface area contributed by atoms with Crippen LogP contribution in [0.15, 0.2) is 42.5 Å². The lowest BCUT2D eigenvalue weighted by atomic mass is 10.0. The van der Waals surface area contributed by atoms with Gasteiger partial charge in [-0.1, -0.05) is 42.5 Å². The summed E-state index contributed by atoms with van der Waals surface area (Å²) in [6, 6.07) is 15.0. The molecule has 3 nitrogen and oxygen atoms in total. The van der Waals surface area contributed by atoms with Gasteiger partial charge in [0.1, 0.15) is 0 Å². The fourth-order valence-electron chi connectivity index (χ4n) is 3.73. The van der Waals surface area contributed by atoms with Crippen LogP contribution >= 0.6 is 0 Å². The molecule has 1 aliphatic heterocycles. The van der Waals surface area contributed by atoms with Crippen molar-refractivity contribution in [2.24, 2.45) is 17.6 Å². The number of rotatable bonds is 3. The Morgan fingerprint density at radius 2 is 2.00 bits per heavy atom. The summed E-state index contributed by atoms with van der Waals surface area (Å²) in [7, 11) is 0. The molecule has 0 bridgehead atoms. The minimum absolute atomic E-state index is 0.192. The van der Waals surface area contributed by atoms with Gasteiger partial charge in [0.15, 0.2) is 0 Å². The smallest absolute Gasteiger partial charge is 0.226 e. The number of nitrogens with two attached hydrogens (primary N) is 1. The Morgan fingerprint density at radius 3 is 2.77 bits per heavy atom. The highest BCUT2D eigenvalue weighted by atomic mass is 16.2. The van der Waals surface area contributed by atoms with Gasteiger partial charge in [-0.15, -0.1) is 0 Å². The van der Waals surface area contributed by atoms with Gasteiger partial charge in [-0.2, -0.15) is 0 Å². The largest absolute Gasteiger partial charge is 0.342 e. The van der Waals surface area contributed by atoms with Gasteiger partial charge in [-0.3, -0.25) is 4.79 Å². The quantitative estimate of drug-likeness (QED) is 0.946. The number of amides is 1. The summed E-state index contributed by atoms with van der Waals surface area (Å²) in [5, 5.41) is 2.53. The predicted molar refractivity (Wildman–Crippen MR) is 88.5 cm³/mol. The van der Waals surface area contributed by atoms with E-state index in [4.69, 9.17) is 5.73 Å². The summed E-state index contributed by atoms with van der Waals surface area (Å²) in [5.74, 6) is 1.45. The van der Waals surface area contributed by atoms with Gasteiger partial charge in [0.2, 0.25) is 5.91 Å². The first-order valence-electron chi connectivity index (χ1n) is 8.24. The maximum atomic E-state index is 12.6. The fraction of sp³-hybridized carbons (Fsp3) is 0.421. The zero-order valence-corrected chi connectivity index (χ0v) is 12.7. The molecule has 0 aromatic heterocycles. The SMILES string of the molecule is NCC1CCN(C(=O)C2CC2c2ccc3ccccc3c2)C1.